The smallest absolute Gasteiger partial charge is 0.0361 e. The van der Waals surface area contributed by atoms with Crippen molar-refractivity contribution in [3.05, 3.63) is 41.5 Å². The van der Waals surface area contributed by atoms with E-state index in [2.05, 4.69) is 73.4 Å². The standard InChI is InChI=1S/C19H31N3/c1-16(2)9-12-20-18-10-13-22(14-11-18)15-17-5-7-19(8-6-17)21(3)4/h5-9,18,20H,10-15H2,1-4H3. The van der Waals surface area contributed by atoms with E-state index in [0.717, 1.165) is 13.1 Å². The second-order valence-corrected chi connectivity index (χ2v) is 6.80. The number of allylic oxidation sites excluding steroid dienone is 1. The number of nitrogens with zero attached hydrogens (tertiary/aromatic N) is 2. The van der Waals surface area contributed by atoms with Gasteiger partial charge in [0.25, 0.3) is 0 Å². The van der Waals surface area contributed by atoms with Gasteiger partial charge in [0, 0.05) is 38.9 Å². The maximum Gasteiger partial charge on any atom is 0.0361 e. The van der Waals surface area contributed by atoms with Gasteiger partial charge in [-0.1, -0.05) is 23.8 Å². The summed E-state index contributed by atoms with van der Waals surface area (Å²) in [4.78, 5) is 4.72. The fraction of sp³-hybridized carbons (Fsp3) is 0.579. The number of benzene rings is 1. The topological polar surface area (TPSA) is 18.5 Å². The molecule has 0 aromatic heterocycles. The highest BCUT2D eigenvalue weighted by Crippen LogP contribution is 2.17. The largest absolute Gasteiger partial charge is 0.378 e. The Labute approximate surface area is 136 Å². The lowest BCUT2D eigenvalue weighted by Gasteiger charge is -2.32. The van der Waals surface area contributed by atoms with E-state index in [1.54, 1.807) is 0 Å². The van der Waals surface area contributed by atoms with Gasteiger partial charge in [-0.25, -0.2) is 0 Å². The second-order valence-electron chi connectivity index (χ2n) is 6.80. The number of nitrogens with one attached hydrogen (secondary N) is 1. The first-order valence-electron chi connectivity index (χ1n) is 8.40. The zero-order chi connectivity index (χ0) is 15.9. The van der Waals surface area contributed by atoms with Crippen LogP contribution in [0, 0.1) is 0 Å². The minimum atomic E-state index is 0.683. The van der Waals surface area contributed by atoms with Gasteiger partial charge in [-0.2, -0.15) is 0 Å². The highest BCUT2D eigenvalue weighted by molar-refractivity contribution is 5.45. The van der Waals surface area contributed by atoms with E-state index in [9.17, 15) is 0 Å². The Bertz CT molecular complexity index is 464. The highest BCUT2D eigenvalue weighted by atomic mass is 15.1. The summed E-state index contributed by atoms with van der Waals surface area (Å²) < 4.78 is 0. The normalized spacial score (nSPS) is 16.5. The number of rotatable bonds is 6. The second kappa shape index (κ2) is 8.35. The molecule has 0 amide bonds. The van der Waals surface area contributed by atoms with Gasteiger partial charge in [0.2, 0.25) is 0 Å². The molecule has 2 rings (SSSR count). The molecule has 1 aliphatic rings. The fourth-order valence-electron chi connectivity index (χ4n) is 2.88. The van der Waals surface area contributed by atoms with Crippen LogP contribution in [0.4, 0.5) is 5.69 Å². The molecule has 0 spiro atoms. The molecule has 1 aliphatic heterocycles. The summed E-state index contributed by atoms with van der Waals surface area (Å²) in [7, 11) is 4.17. The maximum absolute atomic E-state index is 3.65. The first-order valence-corrected chi connectivity index (χ1v) is 8.40. The van der Waals surface area contributed by atoms with E-state index in [0.29, 0.717) is 6.04 Å². The number of hydrogen-bond donors (Lipinski definition) is 1. The Morgan fingerprint density at radius 2 is 1.82 bits per heavy atom. The molecular weight excluding hydrogens is 270 g/mol. The molecule has 1 aromatic carbocycles. The number of anilines is 1. The van der Waals surface area contributed by atoms with Gasteiger partial charge in [-0.3, -0.25) is 4.90 Å². The molecule has 0 unspecified atom stereocenters. The van der Waals surface area contributed by atoms with Gasteiger partial charge >= 0.3 is 0 Å². The lowest BCUT2D eigenvalue weighted by Crippen LogP contribution is -2.42. The van der Waals surface area contributed by atoms with Gasteiger partial charge in [0.1, 0.15) is 0 Å². The molecule has 0 radical (unpaired) electrons. The molecule has 22 heavy (non-hydrogen) atoms. The summed E-state index contributed by atoms with van der Waals surface area (Å²) in [5.74, 6) is 0. The average molecular weight is 301 g/mol. The molecule has 0 aliphatic carbocycles. The van der Waals surface area contributed by atoms with Gasteiger partial charge < -0.3 is 10.2 Å². The highest BCUT2D eigenvalue weighted by Gasteiger charge is 2.18. The van der Waals surface area contributed by atoms with Crippen molar-refractivity contribution in [2.75, 3.05) is 38.6 Å². The number of piperidine rings is 1. The SMILES string of the molecule is CC(C)=CCNC1CCN(Cc2ccc(N(C)C)cc2)CC1. The Kier molecular flexibility index (Phi) is 6.47. The minimum absolute atomic E-state index is 0.683. The van der Waals surface area contributed by atoms with Gasteiger partial charge in [0.15, 0.2) is 0 Å². The molecule has 122 valence electrons. The molecular formula is C19H31N3. The maximum atomic E-state index is 3.65. The van der Waals surface area contributed by atoms with Gasteiger partial charge in [0.05, 0.1) is 0 Å². The van der Waals surface area contributed by atoms with Crippen molar-refractivity contribution in [1.82, 2.24) is 10.2 Å². The molecule has 1 N–H and O–H groups in total. The molecule has 1 fully saturated rings. The van der Waals surface area contributed by atoms with Crippen LogP contribution < -0.4 is 10.2 Å². The van der Waals surface area contributed by atoms with E-state index in [1.165, 1.54) is 42.8 Å². The Hall–Kier alpha value is -1.32. The van der Waals surface area contributed by atoms with Crippen LogP contribution in [-0.2, 0) is 6.54 Å². The molecule has 3 heteroatoms. The predicted octanol–water partition coefficient (Wildman–Crippen LogP) is 3.27. The van der Waals surface area contributed by atoms with Crippen molar-refractivity contribution in [2.24, 2.45) is 0 Å². The van der Waals surface area contributed by atoms with Crippen LogP contribution in [0.3, 0.4) is 0 Å². The summed E-state index contributed by atoms with van der Waals surface area (Å²) in [6.45, 7) is 8.80. The van der Waals surface area contributed by atoms with Gasteiger partial charge in [-0.05, 0) is 57.5 Å². The van der Waals surface area contributed by atoms with Crippen molar-refractivity contribution < 1.29 is 0 Å². The molecule has 0 atom stereocenters. The van der Waals surface area contributed by atoms with Crippen LogP contribution in [0.1, 0.15) is 32.3 Å². The fourth-order valence-corrected chi connectivity index (χ4v) is 2.88. The Morgan fingerprint density at radius 1 is 1.18 bits per heavy atom. The third-order valence-electron chi connectivity index (χ3n) is 4.36. The molecule has 0 saturated carbocycles. The van der Waals surface area contributed by atoms with Crippen LogP contribution in [0.2, 0.25) is 0 Å². The average Bonchev–Trinajstić information content (AvgIpc) is 2.49. The minimum Gasteiger partial charge on any atom is -0.378 e. The quantitative estimate of drug-likeness (QED) is 0.814. The summed E-state index contributed by atoms with van der Waals surface area (Å²) >= 11 is 0. The van der Waals surface area contributed by atoms with E-state index >= 15 is 0 Å². The van der Waals surface area contributed by atoms with Crippen molar-refractivity contribution in [3.63, 3.8) is 0 Å². The molecule has 0 bridgehead atoms. The molecule has 1 heterocycles. The summed E-state index contributed by atoms with van der Waals surface area (Å²) in [5.41, 5.74) is 4.08. The predicted molar refractivity (Wildman–Crippen MR) is 96.5 cm³/mol. The molecule has 1 aromatic rings. The zero-order valence-electron chi connectivity index (χ0n) is 14.6. The Morgan fingerprint density at radius 3 is 2.36 bits per heavy atom. The van der Waals surface area contributed by atoms with Crippen molar-refractivity contribution in [3.8, 4) is 0 Å². The van der Waals surface area contributed by atoms with Crippen LogP contribution >= 0.6 is 0 Å². The first kappa shape index (κ1) is 17.0. The monoisotopic (exact) mass is 301 g/mol. The van der Waals surface area contributed by atoms with Crippen LogP contribution in [-0.4, -0.2) is 44.7 Å². The van der Waals surface area contributed by atoms with Crippen molar-refractivity contribution in [2.45, 2.75) is 39.3 Å². The van der Waals surface area contributed by atoms with E-state index in [4.69, 9.17) is 0 Å². The molecule has 3 nitrogen and oxygen atoms in total. The number of likely N-dealkylation sites (tertiary alicyclic amines) is 1. The van der Waals surface area contributed by atoms with Crippen LogP contribution in [0.15, 0.2) is 35.9 Å². The zero-order valence-corrected chi connectivity index (χ0v) is 14.6. The Balaban J connectivity index is 1.74. The van der Waals surface area contributed by atoms with Crippen LogP contribution in [0.5, 0.6) is 0 Å². The summed E-state index contributed by atoms with van der Waals surface area (Å²) in [6, 6.07) is 9.62. The lowest BCUT2D eigenvalue weighted by molar-refractivity contribution is 0.192. The van der Waals surface area contributed by atoms with Crippen molar-refractivity contribution >= 4 is 5.69 Å². The molecule has 1 saturated heterocycles. The first-order chi connectivity index (χ1) is 10.5. The third kappa shape index (κ3) is 5.47. The van der Waals surface area contributed by atoms with E-state index in [1.807, 2.05) is 0 Å². The number of hydrogen-bond acceptors (Lipinski definition) is 3. The van der Waals surface area contributed by atoms with Gasteiger partial charge in [-0.15, -0.1) is 0 Å². The van der Waals surface area contributed by atoms with Crippen LogP contribution in [0.25, 0.3) is 0 Å². The summed E-state index contributed by atoms with van der Waals surface area (Å²) in [6.07, 6.45) is 4.79. The van der Waals surface area contributed by atoms with E-state index in [-0.39, 0.29) is 0 Å². The lowest BCUT2D eigenvalue weighted by atomic mass is 10.0. The van der Waals surface area contributed by atoms with E-state index < -0.39 is 0 Å². The summed E-state index contributed by atoms with van der Waals surface area (Å²) in [5, 5.41) is 3.65. The third-order valence-corrected chi connectivity index (χ3v) is 4.36. The van der Waals surface area contributed by atoms with Crippen molar-refractivity contribution in [1.29, 1.82) is 0 Å².